The van der Waals surface area contributed by atoms with Gasteiger partial charge in [-0.3, -0.25) is 0 Å². The highest BCUT2D eigenvalue weighted by Gasteiger charge is 2.56. The number of aliphatic hydroxyl groups is 1. The third-order valence-electron chi connectivity index (χ3n) is 12.1. The van der Waals surface area contributed by atoms with E-state index in [-0.39, 0.29) is 17.6 Å². The van der Waals surface area contributed by atoms with E-state index in [1.165, 1.54) is 23.2 Å². The summed E-state index contributed by atoms with van der Waals surface area (Å²) < 4.78 is 15.3. The van der Waals surface area contributed by atoms with Crippen LogP contribution in [0.5, 0.6) is 0 Å². The van der Waals surface area contributed by atoms with Crippen molar-refractivity contribution in [2.75, 3.05) is 13.2 Å². The molecule has 2 aliphatic rings. The molecule has 0 heterocycles. The molecule has 0 saturated heterocycles. The number of hydrogen-bond donors (Lipinski definition) is 1. The first-order valence-electron chi connectivity index (χ1n) is 17.8. The second-order valence-electron chi connectivity index (χ2n) is 16.5. The molecule has 3 nitrogen and oxygen atoms in total. The quantitative estimate of drug-likeness (QED) is 0.250. The molecule has 0 spiro atoms. The summed E-state index contributed by atoms with van der Waals surface area (Å²) in [6.07, 6.45) is 3.83. The fourth-order valence-electron chi connectivity index (χ4n) is 10.2. The largest absolute Gasteiger partial charge is 0.413 e. The van der Waals surface area contributed by atoms with Crippen LogP contribution in [0, 0.1) is 35.5 Å². The van der Waals surface area contributed by atoms with Gasteiger partial charge in [0.25, 0.3) is 8.32 Å². The minimum Gasteiger partial charge on any atom is -0.413 e. The van der Waals surface area contributed by atoms with Crippen molar-refractivity contribution < 1.29 is 14.0 Å². The molecule has 4 rings (SSSR count). The Labute approximate surface area is 272 Å². The van der Waals surface area contributed by atoms with Crippen molar-refractivity contribution in [3.05, 3.63) is 60.7 Å². The van der Waals surface area contributed by atoms with Crippen molar-refractivity contribution in [3.8, 4) is 0 Å². The maximum Gasteiger partial charge on any atom is 0.261 e. The van der Waals surface area contributed by atoms with E-state index in [0.29, 0.717) is 58.9 Å². The fraction of sp³-hybridized carbons (Fsp3) is 0.692. The summed E-state index contributed by atoms with van der Waals surface area (Å²) in [5.74, 6) is 2.62. The molecule has 2 fully saturated rings. The van der Waals surface area contributed by atoms with Crippen molar-refractivity contribution in [2.24, 2.45) is 35.5 Å². The van der Waals surface area contributed by atoms with Gasteiger partial charge < -0.3 is 14.0 Å². The first-order valence-corrected chi connectivity index (χ1v) is 21.8. The third-order valence-corrected chi connectivity index (χ3v) is 23.3. The molecule has 246 valence electrons. The number of aliphatic hydroxyl groups excluding tert-OH is 1. The van der Waals surface area contributed by atoms with E-state index < -0.39 is 16.6 Å². The molecule has 0 bridgehead atoms. The first kappa shape index (κ1) is 35.6. The van der Waals surface area contributed by atoms with E-state index in [1.54, 1.807) is 0 Å². The van der Waals surface area contributed by atoms with E-state index in [9.17, 15) is 5.11 Å². The Hall–Kier alpha value is -1.25. The van der Waals surface area contributed by atoms with E-state index >= 15 is 0 Å². The zero-order chi connectivity index (χ0) is 32.4. The van der Waals surface area contributed by atoms with Crippen LogP contribution >= 0.6 is 0 Å². The summed E-state index contributed by atoms with van der Waals surface area (Å²) >= 11 is 0. The van der Waals surface area contributed by atoms with Crippen molar-refractivity contribution in [3.63, 3.8) is 0 Å². The minimum atomic E-state index is -2.68. The maximum absolute atomic E-state index is 10.9. The topological polar surface area (TPSA) is 38.7 Å². The minimum absolute atomic E-state index is 0.0646. The lowest BCUT2D eigenvalue weighted by Gasteiger charge is -2.56. The molecule has 0 aliphatic heterocycles. The summed E-state index contributed by atoms with van der Waals surface area (Å²) in [5, 5.41) is 13.5. The fourth-order valence-corrected chi connectivity index (χ4v) is 20.4. The first-order chi connectivity index (χ1) is 20.7. The standard InChI is InChI=1S/C39H64O3Si2/c1-27(2)43(28(3)4,29(5)6)42-37-23-22-30(7)38-34(37)24-31(8)35(25-40)36(38)26-41-44(39(9,10)11,32-18-14-12-15-19-32)33-20-16-13-17-21-33/h12-21,27-31,34-38,40H,22-26H2,1-11H3/t30-,31-,34-,35+,36+,37-,38+/m0/s1. The van der Waals surface area contributed by atoms with Crippen LogP contribution in [0.4, 0.5) is 0 Å². The van der Waals surface area contributed by atoms with Gasteiger partial charge in [-0.15, -0.1) is 0 Å². The number of hydrogen-bond acceptors (Lipinski definition) is 3. The highest BCUT2D eigenvalue weighted by atomic mass is 28.4. The summed E-state index contributed by atoms with van der Waals surface area (Å²) in [6, 6.07) is 22.1. The molecular weight excluding hydrogens is 573 g/mol. The van der Waals surface area contributed by atoms with Gasteiger partial charge in [-0.25, -0.2) is 0 Å². The predicted octanol–water partition coefficient (Wildman–Crippen LogP) is 9.05. The zero-order valence-corrected chi connectivity index (χ0v) is 31.8. The number of benzene rings is 2. The molecule has 5 heteroatoms. The molecule has 0 radical (unpaired) electrons. The van der Waals surface area contributed by atoms with Crippen molar-refractivity contribution in [2.45, 2.75) is 123 Å². The van der Waals surface area contributed by atoms with Crippen LogP contribution < -0.4 is 10.4 Å². The third kappa shape index (κ3) is 6.47. The van der Waals surface area contributed by atoms with E-state index in [2.05, 4.69) is 137 Å². The number of fused-ring (bicyclic) bond motifs is 1. The van der Waals surface area contributed by atoms with Crippen molar-refractivity contribution in [1.29, 1.82) is 0 Å². The van der Waals surface area contributed by atoms with E-state index in [1.807, 2.05) is 0 Å². The predicted molar refractivity (Wildman–Crippen MR) is 193 cm³/mol. The second kappa shape index (κ2) is 14.3. The van der Waals surface area contributed by atoms with Gasteiger partial charge >= 0.3 is 0 Å². The molecule has 2 aliphatic carbocycles. The zero-order valence-electron chi connectivity index (χ0n) is 29.8. The summed E-state index contributed by atoms with van der Waals surface area (Å²) in [6.45, 7) is 27.4. The summed E-state index contributed by atoms with van der Waals surface area (Å²) in [5.41, 5.74) is 1.75. The maximum atomic E-state index is 10.9. The average molecular weight is 637 g/mol. The van der Waals surface area contributed by atoms with Crippen LogP contribution in [-0.2, 0) is 8.85 Å². The lowest BCUT2D eigenvalue weighted by molar-refractivity contribution is -0.0984. The SMILES string of the molecule is CC(C)[Si](O[C@H]1CC[C@H](C)[C@H]2[C@H](CO[Si](c3ccccc3)(c3ccccc3)C(C)(C)C)[C@H](CO)[C@@H](C)C[C@H]21)(C(C)C)C(C)C. The van der Waals surface area contributed by atoms with Gasteiger partial charge in [0.15, 0.2) is 0 Å². The lowest BCUT2D eigenvalue weighted by Crippen LogP contribution is -2.67. The van der Waals surface area contributed by atoms with Crippen LogP contribution in [0.1, 0.15) is 95.4 Å². The highest BCUT2D eigenvalue weighted by Crippen LogP contribution is 2.54. The molecule has 2 saturated carbocycles. The molecular formula is C39H64O3Si2. The monoisotopic (exact) mass is 636 g/mol. The lowest BCUT2D eigenvalue weighted by atomic mass is 9.55. The molecule has 2 aromatic rings. The molecule has 0 aromatic heterocycles. The van der Waals surface area contributed by atoms with E-state index in [4.69, 9.17) is 8.85 Å². The smallest absolute Gasteiger partial charge is 0.261 e. The molecule has 44 heavy (non-hydrogen) atoms. The highest BCUT2D eigenvalue weighted by molar-refractivity contribution is 6.99. The van der Waals surface area contributed by atoms with Gasteiger partial charge in [0, 0.05) is 19.3 Å². The number of rotatable bonds is 11. The Morgan fingerprint density at radius 2 is 1.25 bits per heavy atom. The molecule has 0 amide bonds. The summed E-state index contributed by atoms with van der Waals surface area (Å²) in [7, 11) is -4.70. The van der Waals surface area contributed by atoms with Gasteiger partial charge in [0.05, 0.1) is 0 Å². The molecule has 2 aromatic carbocycles. The Morgan fingerprint density at radius 1 is 0.750 bits per heavy atom. The Balaban J connectivity index is 1.76. The Kier molecular flexibility index (Phi) is 11.5. The normalized spacial score (nSPS) is 28.5. The van der Waals surface area contributed by atoms with Gasteiger partial charge in [0.1, 0.15) is 0 Å². The molecule has 0 unspecified atom stereocenters. The second-order valence-corrected chi connectivity index (χ2v) is 26.2. The van der Waals surface area contributed by atoms with Crippen molar-refractivity contribution >= 4 is 27.0 Å². The summed E-state index contributed by atoms with van der Waals surface area (Å²) in [4.78, 5) is 0. The van der Waals surface area contributed by atoms with Crippen molar-refractivity contribution in [1.82, 2.24) is 0 Å². The van der Waals surface area contributed by atoms with Gasteiger partial charge in [-0.05, 0) is 86.8 Å². The average Bonchev–Trinajstić information content (AvgIpc) is 2.96. The van der Waals surface area contributed by atoms with Crippen LogP contribution in [0.3, 0.4) is 0 Å². The van der Waals surface area contributed by atoms with Crippen LogP contribution in [0.15, 0.2) is 60.7 Å². The van der Waals surface area contributed by atoms with Gasteiger partial charge in [-0.2, -0.15) is 0 Å². The van der Waals surface area contributed by atoms with Crippen LogP contribution in [-0.4, -0.2) is 41.1 Å². The Morgan fingerprint density at radius 3 is 1.68 bits per heavy atom. The van der Waals surface area contributed by atoms with Crippen LogP contribution in [0.25, 0.3) is 0 Å². The van der Waals surface area contributed by atoms with Gasteiger partial charge in [0.2, 0.25) is 8.32 Å². The van der Waals surface area contributed by atoms with E-state index in [0.717, 1.165) is 6.42 Å². The van der Waals surface area contributed by atoms with Gasteiger partial charge in [-0.1, -0.05) is 137 Å². The molecule has 1 N–H and O–H groups in total. The molecule has 7 atom stereocenters. The Bertz CT molecular complexity index is 1100. The van der Waals surface area contributed by atoms with Crippen LogP contribution in [0.2, 0.25) is 21.7 Å².